The van der Waals surface area contributed by atoms with Gasteiger partial charge in [0.15, 0.2) is 0 Å². The molecule has 128 valence electrons. The van der Waals surface area contributed by atoms with Crippen molar-refractivity contribution in [1.82, 2.24) is 5.32 Å². The van der Waals surface area contributed by atoms with Crippen LogP contribution in [-0.2, 0) is 11.2 Å². The molecule has 24 heavy (non-hydrogen) atoms. The fourth-order valence-corrected chi connectivity index (χ4v) is 3.14. The van der Waals surface area contributed by atoms with Crippen LogP contribution < -0.4 is 5.32 Å². The molecule has 1 aromatic heterocycles. The molecule has 0 radical (unpaired) electrons. The Bertz CT molecular complexity index is 697. The molecule has 2 unspecified atom stereocenters. The van der Waals surface area contributed by atoms with Crippen molar-refractivity contribution in [2.45, 2.75) is 38.2 Å². The zero-order valence-electron chi connectivity index (χ0n) is 13.5. The van der Waals surface area contributed by atoms with Crippen LogP contribution in [-0.4, -0.2) is 23.7 Å². The molecular weight excluding hydrogens is 309 g/mol. The van der Waals surface area contributed by atoms with E-state index in [2.05, 4.69) is 5.32 Å². The first-order valence-electron chi connectivity index (χ1n) is 8.42. The van der Waals surface area contributed by atoms with E-state index >= 15 is 0 Å². The van der Waals surface area contributed by atoms with Gasteiger partial charge in [0.25, 0.3) is 0 Å². The summed E-state index contributed by atoms with van der Waals surface area (Å²) in [5, 5.41) is 12.6. The minimum absolute atomic E-state index is 0.0575. The van der Waals surface area contributed by atoms with Gasteiger partial charge in [0.2, 0.25) is 5.91 Å². The molecule has 0 bridgehead atoms. The first-order valence-corrected chi connectivity index (χ1v) is 8.42. The Hall–Kier alpha value is -2.14. The number of furan rings is 1. The van der Waals surface area contributed by atoms with Crippen LogP contribution in [0.1, 0.15) is 31.4 Å². The number of halogens is 1. The summed E-state index contributed by atoms with van der Waals surface area (Å²) in [6.45, 7) is 0.526. The molecule has 0 aliphatic heterocycles. The second-order valence-electron chi connectivity index (χ2n) is 6.31. The minimum atomic E-state index is -0.328. The maximum atomic E-state index is 13.7. The lowest BCUT2D eigenvalue weighted by molar-refractivity contribution is -0.121. The molecule has 1 heterocycles. The minimum Gasteiger partial charge on any atom is -0.461 e. The van der Waals surface area contributed by atoms with Crippen molar-refractivity contribution in [3.8, 4) is 11.3 Å². The summed E-state index contributed by atoms with van der Waals surface area (Å²) in [4.78, 5) is 11.9. The molecule has 3 rings (SSSR count). The zero-order valence-corrected chi connectivity index (χ0v) is 13.5. The van der Waals surface area contributed by atoms with E-state index in [4.69, 9.17) is 4.42 Å². The van der Waals surface area contributed by atoms with Crippen LogP contribution in [0.15, 0.2) is 40.8 Å². The van der Waals surface area contributed by atoms with Gasteiger partial charge in [0.05, 0.1) is 11.7 Å². The summed E-state index contributed by atoms with van der Waals surface area (Å²) in [7, 11) is 0. The molecule has 4 nitrogen and oxygen atoms in total. The first kappa shape index (κ1) is 16.7. The van der Waals surface area contributed by atoms with Crippen LogP contribution in [0, 0.1) is 11.7 Å². The summed E-state index contributed by atoms with van der Waals surface area (Å²) in [5.41, 5.74) is 0.420. The first-order chi connectivity index (χ1) is 11.6. The highest BCUT2D eigenvalue weighted by molar-refractivity contribution is 5.76. The van der Waals surface area contributed by atoms with Gasteiger partial charge in [0, 0.05) is 25.3 Å². The predicted molar refractivity (Wildman–Crippen MR) is 88.8 cm³/mol. The van der Waals surface area contributed by atoms with Crippen LogP contribution in [0.3, 0.4) is 0 Å². The lowest BCUT2D eigenvalue weighted by Gasteiger charge is -2.14. The molecule has 0 saturated heterocycles. The number of amides is 1. The van der Waals surface area contributed by atoms with E-state index in [9.17, 15) is 14.3 Å². The largest absolute Gasteiger partial charge is 0.461 e. The molecular formula is C19H22FNO3. The van der Waals surface area contributed by atoms with Crippen LogP contribution in [0.4, 0.5) is 4.39 Å². The molecule has 1 aliphatic carbocycles. The van der Waals surface area contributed by atoms with Gasteiger partial charge < -0.3 is 14.8 Å². The van der Waals surface area contributed by atoms with Gasteiger partial charge in [0.1, 0.15) is 17.3 Å². The number of hydrogen-bond donors (Lipinski definition) is 2. The Morgan fingerprint density at radius 1 is 1.25 bits per heavy atom. The lowest BCUT2D eigenvalue weighted by Crippen LogP contribution is -2.32. The molecule has 0 spiro atoms. The Morgan fingerprint density at radius 3 is 2.83 bits per heavy atom. The average molecular weight is 331 g/mol. The molecule has 1 aromatic carbocycles. The molecule has 1 saturated carbocycles. The smallest absolute Gasteiger partial charge is 0.220 e. The van der Waals surface area contributed by atoms with Crippen molar-refractivity contribution in [3.63, 3.8) is 0 Å². The van der Waals surface area contributed by atoms with E-state index in [1.54, 1.807) is 30.3 Å². The monoisotopic (exact) mass is 331 g/mol. The van der Waals surface area contributed by atoms with Gasteiger partial charge in [-0.25, -0.2) is 4.39 Å². The van der Waals surface area contributed by atoms with Crippen molar-refractivity contribution >= 4 is 5.91 Å². The SMILES string of the molecule is O=C(CCc1ccc(-c2ccccc2F)o1)NCC1CCCC1O. The summed E-state index contributed by atoms with van der Waals surface area (Å²) in [6, 6.07) is 9.94. The second kappa shape index (κ2) is 7.62. The number of benzene rings is 1. The molecule has 1 fully saturated rings. The number of nitrogens with one attached hydrogen (secondary N) is 1. The Balaban J connectivity index is 1.48. The van der Waals surface area contributed by atoms with Crippen molar-refractivity contribution in [3.05, 3.63) is 48.0 Å². The van der Waals surface area contributed by atoms with Gasteiger partial charge in [-0.3, -0.25) is 4.79 Å². The number of aliphatic hydroxyl groups excluding tert-OH is 1. The number of hydrogen-bond acceptors (Lipinski definition) is 3. The summed E-state index contributed by atoms with van der Waals surface area (Å²) in [6.07, 6.45) is 3.30. The summed E-state index contributed by atoms with van der Waals surface area (Å²) >= 11 is 0. The van der Waals surface area contributed by atoms with E-state index in [0.29, 0.717) is 36.5 Å². The van der Waals surface area contributed by atoms with Gasteiger partial charge >= 0.3 is 0 Å². The van der Waals surface area contributed by atoms with E-state index in [1.807, 2.05) is 0 Å². The Kier molecular flexibility index (Phi) is 5.30. The van der Waals surface area contributed by atoms with Crippen molar-refractivity contribution in [2.75, 3.05) is 6.54 Å². The topological polar surface area (TPSA) is 62.5 Å². The van der Waals surface area contributed by atoms with E-state index in [0.717, 1.165) is 19.3 Å². The number of aryl methyl sites for hydroxylation is 1. The second-order valence-corrected chi connectivity index (χ2v) is 6.31. The fourth-order valence-electron chi connectivity index (χ4n) is 3.14. The van der Waals surface area contributed by atoms with Crippen molar-refractivity contribution in [2.24, 2.45) is 5.92 Å². The normalized spacial score (nSPS) is 20.2. The fraction of sp³-hybridized carbons (Fsp3) is 0.421. The molecule has 5 heteroatoms. The van der Waals surface area contributed by atoms with Gasteiger partial charge in [-0.2, -0.15) is 0 Å². The van der Waals surface area contributed by atoms with Crippen molar-refractivity contribution in [1.29, 1.82) is 0 Å². The standard InChI is InChI=1S/C19H22FNO3/c20-16-6-2-1-5-15(16)18-10-8-14(24-18)9-11-19(23)21-12-13-4-3-7-17(13)22/h1-2,5-6,8,10,13,17,22H,3-4,7,9,11-12H2,(H,21,23). The van der Waals surface area contributed by atoms with Crippen LogP contribution in [0.5, 0.6) is 0 Å². The van der Waals surface area contributed by atoms with E-state index in [1.165, 1.54) is 6.07 Å². The maximum Gasteiger partial charge on any atom is 0.220 e. The number of rotatable bonds is 6. The number of carbonyl (C=O) groups is 1. The maximum absolute atomic E-state index is 13.7. The van der Waals surface area contributed by atoms with Gasteiger partial charge in [-0.1, -0.05) is 18.6 Å². The van der Waals surface area contributed by atoms with Crippen LogP contribution >= 0.6 is 0 Å². The third kappa shape index (κ3) is 4.03. The number of carbonyl (C=O) groups excluding carboxylic acids is 1. The third-order valence-electron chi connectivity index (χ3n) is 4.58. The highest BCUT2D eigenvalue weighted by atomic mass is 19.1. The summed E-state index contributed by atoms with van der Waals surface area (Å²) in [5.74, 6) is 0.913. The molecule has 2 atom stereocenters. The highest BCUT2D eigenvalue weighted by Crippen LogP contribution is 2.26. The van der Waals surface area contributed by atoms with E-state index < -0.39 is 0 Å². The Labute approximate surface area is 140 Å². The lowest BCUT2D eigenvalue weighted by atomic mass is 10.1. The van der Waals surface area contributed by atoms with Gasteiger partial charge in [-0.15, -0.1) is 0 Å². The van der Waals surface area contributed by atoms with Gasteiger partial charge in [-0.05, 0) is 37.1 Å². The molecule has 1 aliphatic rings. The predicted octanol–water partition coefficient (Wildman–Crippen LogP) is 3.30. The van der Waals surface area contributed by atoms with E-state index in [-0.39, 0.29) is 23.7 Å². The van der Waals surface area contributed by atoms with Crippen LogP contribution in [0.25, 0.3) is 11.3 Å². The quantitative estimate of drug-likeness (QED) is 0.854. The molecule has 2 aromatic rings. The molecule has 2 N–H and O–H groups in total. The molecule has 1 amide bonds. The van der Waals surface area contributed by atoms with Crippen LogP contribution in [0.2, 0.25) is 0 Å². The third-order valence-corrected chi connectivity index (χ3v) is 4.58. The van der Waals surface area contributed by atoms with Crippen molar-refractivity contribution < 1.29 is 18.7 Å². The highest BCUT2D eigenvalue weighted by Gasteiger charge is 2.25. The summed E-state index contributed by atoms with van der Waals surface area (Å²) < 4.78 is 19.4. The zero-order chi connectivity index (χ0) is 16.9. The number of aliphatic hydroxyl groups is 1. The average Bonchev–Trinajstić information content (AvgIpc) is 3.20. The Morgan fingerprint density at radius 2 is 2.08 bits per heavy atom.